The molecule has 1 aromatic carbocycles. The largest absolute Gasteiger partial charge is 0.312 e. The Morgan fingerprint density at radius 2 is 1.89 bits per heavy atom. The molecule has 1 unspecified atom stereocenters. The molecule has 0 amide bonds. The summed E-state index contributed by atoms with van der Waals surface area (Å²) in [6.07, 6.45) is 3.39. The highest BCUT2D eigenvalue weighted by atomic mass is 19.1. The zero-order valence-corrected chi connectivity index (χ0v) is 13.0. The summed E-state index contributed by atoms with van der Waals surface area (Å²) in [6, 6.07) is 5.45. The number of hydrogen-bond acceptors (Lipinski definition) is 1. The average Bonchev–Trinajstić information content (AvgIpc) is 2.29. The Morgan fingerprint density at radius 1 is 1.21 bits per heavy atom. The first-order valence-electron chi connectivity index (χ1n) is 7.28. The first-order chi connectivity index (χ1) is 8.78. The first-order valence-corrected chi connectivity index (χ1v) is 7.28. The molecule has 1 aromatic rings. The van der Waals surface area contributed by atoms with Gasteiger partial charge >= 0.3 is 0 Å². The van der Waals surface area contributed by atoms with E-state index in [1.807, 2.05) is 19.1 Å². The Bertz CT molecular complexity index is 393. The van der Waals surface area contributed by atoms with Crippen LogP contribution < -0.4 is 5.32 Å². The lowest BCUT2D eigenvalue weighted by molar-refractivity contribution is 0.386. The van der Waals surface area contributed by atoms with E-state index in [0.29, 0.717) is 5.92 Å². The van der Waals surface area contributed by atoms with Gasteiger partial charge in [-0.2, -0.15) is 0 Å². The van der Waals surface area contributed by atoms with Crippen LogP contribution in [0.3, 0.4) is 0 Å². The lowest BCUT2D eigenvalue weighted by Gasteiger charge is -2.22. The van der Waals surface area contributed by atoms with Crippen molar-refractivity contribution >= 4 is 0 Å². The summed E-state index contributed by atoms with van der Waals surface area (Å²) in [5.41, 5.74) is 2.20. The van der Waals surface area contributed by atoms with Crippen molar-refractivity contribution in [1.82, 2.24) is 5.32 Å². The van der Waals surface area contributed by atoms with Gasteiger partial charge in [0.1, 0.15) is 5.82 Å². The predicted octanol–water partition coefficient (Wildman–Crippen LogP) is 4.48. The topological polar surface area (TPSA) is 12.0 Å². The number of hydrogen-bond donors (Lipinski definition) is 1. The summed E-state index contributed by atoms with van der Waals surface area (Å²) in [4.78, 5) is 0. The van der Waals surface area contributed by atoms with Gasteiger partial charge in [-0.1, -0.05) is 19.1 Å². The smallest absolute Gasteiger partial charge is 0.126 e. The molecular formula is C17H28FN. The fourth-order valence-electron chi connectivity index (χ4n) is 2.11. The summed E-state index contributed by atoms with van der Waals surface area (Å²) in [5, 5.41) is 3.52. The van der Waals surface area contributed by atoms with E-state index in [1.165, 1.54) is 12.0 Å². The molecule has 19 heavy (non-hydrogen) atoms. The van der Waals surface area contributed by atoms with E-state index < -0.39 is 0 Å². The molecular weight excluding hydrogens is 237 g/mol. The van der Waals surface area contributed by atoms with Crippen LogP contribution in [-0.4, -0.2) is 12.1 Å². The van der Waals surface area contributed by atoms with Crippen molar-refractivity contribution in [2.45, 2.75) is 59.4 Å². The molecule has 0 heterocycles. The highest BCUT2D eigenvalue weighted by molar-refractivity contribution is 5.23. The molecule has 0 spiro atoms. The van der Waals surface area contributed by atoms with Gasteiger partial charge in [-0.15, -0.1) is 0 Å². The molecule has 0 aromatic heterocycles. The summed E-state index contributed by atoms with van der Waals surface area (Å²) in [5.74, 6) is 0.589. The summed E-state index contributed by atoms with van der Waals surface area (Å²) in [7, 11) is 0. The summed E-state index contributed by atoms with van der Waals surface area (Å²) < 4.78 is 13.2. The maximum Gasteiger partial charge on any atom is 0.126 e. The molecule has 1 rings (SSSR count). The average molecular weight is 265 g/mol. The van der Waals surface area contributed by atoms with Gasteiger partial charge in [0.15, 0.2) is 0 Å². The van der Waals surface area contributed by atoms with Crippen LogP contribution in [0, 0.1) is 18.7 Å². The van der Waals surface area contributed by atoms with Crippen molar-refractivity contribution in [2.75, 3.05) is 6.54 Å². The predicted molar refractivity (Wildman–Crippen MR) is 81.0 cm³/mol. The molecule has 1 nitrogen and oxygen atoms in total. The zero-order chi connectivity index (χ0) is 14.5. The standard InChI is InChI=1S/C17H28FN/c1-13(10-11-19-17(3,4)5)6-7-15-8-9-16(18)14(2)12-15/h8-9,12-13,19H,6-7,10-11H2,1-5H3. The molecule has 0 aliphatic heterocycles. The van der Waals surface area contributed by atoms with E-state index >= 15 is 0 Å². The third kappa shape index (κ3) is 6.72. The molecule has 0 bridgehead atoms. The van der Waals surface area contributed by atoms with Crippen LogP contribution in [0.15, 0.2) is 18.2 Å². The van der Waals surface area contributed by atoms with Crippen molar-refractivity contribution in [3.05, 3.63) is 35.1 Å². The molecule has 108 valence electrons. The molecule has 2 heteroatoms. The zero-order valence-electron chi connectivity index (χ0n) is 13.0. The lowest BCUT2D eigenvalue weighted by Crippen LogP contribution is -2.36. The van der Waals surface area contributed by atoms with Gasteiger partial charge in [0.2, 0.25) is 0 Å². The molecule has 0 saturated heterocycles. The Morgan fingerprint density at radius 3 is 2.47 bits per heavy atom. The fraction of sp³-hybridized carbons (Fsp3) is 0.647. The van der Waals surface area contributed by atoms with Crippen molar-refractivity contribution in [2.24, 2.45) is 5.92 Å². The number of rotatable bonds is 6. The second kappa shape index (κ2) is 7.04. The van der Waals surface area contributed by atoms with Gasteiger partial charge < -0.3 is 5.32 Å². The molecule has 0 radical (unpaired) electrons. The third-order valence-corrected chi connectivity index (χ3v) is 3.44. The minimum atomic E-state index is -0.105. The quantitative estimate of drug-likeness (QED) is 0.799. The normalized spacial score (nSPS) is 13.6. The van der Waals surface area contributed by atoms with Gasteiger partial charge in [0.05, 0.1) is 0 Å². The van der Waals surface area contributed by atoms with Gasteiger partial charge in [-0.25, -0.2) is 4.39 Å². The minimum absolute atomic E-state index is 0.105. The Labute approximate surface area is 117 Å². The molecule has 0 aliphatic rings. The maximum absolute atomic E-state index is 13.2. The van der Waals surface area contributed by atoms with Crippen LogP contribution in [0.5, 0.6) is 0 Å². The van der Waals surface area contributed by atoms with E-state index in [9.17, 15) is 4.39 Å². The highest BCUT2D eigenvalue weighted by Crippen LogP contribution is 2.15. The van der Waals surface area contributed by atoms with Crippen LogP contribution in [0.2, 0.25) is 0 Å². The van der Waals surface area contributed by atoms with E-state index in [-0.39, 0.29) is 11.4 Å². The SMILES string of the molecule is Cc1cc(CCC(C)CCNC(C)(C)C)ccc1F. The van der Waals surface area contributed by atoms with Crippen molar-refractivity contribution < 1.29 is 4.39 Å². The number of nitrogens with one attached hydrogen (secondary N) is 1. The number of benzene rings is 1. The second-order valence-electron chi connectivity index (χ2n) is 6.69. The first kappa shape index (κ1) is 16.2. The van der Waals surface area contributed by atoms with Crippen LogP contribution in [0.4, 0.5) is 4.39 Å². The fourth-order valence-corrected chi connectivity index (χ4v) is 2.11. The van der Waals surface area contributed by atoms with Crippen LogP contribution in [-0.2, 0) is 6.42 Å². The number of aryl methyl sites for hydroxylation is 2. The van der Waals surface area contributed by atoms with E-state index in [1.54, 1.807) is 6.07 Å². The van der Waals surface area contributed by atoms with Crippen molar-refractivity contribution in [1.29, 1.82) is 0 Å². The van der Waals surface area contributed by atoms with Crippen LogP contribution in [0.1, 0.15) is 51.7 Å². The molecule has 1 atom stereocenters. The van der Waals surface area contributed by atoms with Gasteiger partial charge in [0, 0.05) is 5.54 Å². The monoisotopic (exact) mass is 265 g/mol. The van der Waals surface area contributed by atoms with Crippen LogP contribution >= 0.6 is 0 Å². The highest BCUT2D eigenvalue weighted by Gasteiger charge is 2.09. The minimum Gasteiger partial charge on any atom is -0.312 e. The third-order valence-electron chi connectivity index (χ3n) is 3.44. The van der Waals surface area contributed by atoms with E-state index in [4.69, 9.17) is 0 Å². The van der Waals surface area contributed by atoms with Gasteiger partial charge in [0.25, 0.3) is 0 Å². The van der Waals surface area contributed by atoms with E-state index in [2.05, 4.69) is 33.0 Å². The van der Waals surface area contributed by atoms with Gasteiger partial charge in [-0.3, -0.25) is 0 Å². The lowest BCUT2D eigenvalue weighted by atomic mass is 9.97. The number of halogens is 1. The van der Waals surface area contributed by atoms with Crippen LogP contribution in [0.25, 0.3) is 0 Å². The molecule has 0 fully saturated rings. The second-order valence-corrected chi connectivity index (χ2v) is 6.69. The summed E-state index contributed by atoms with van der Waals surface area (Å²) >= 11 is 0. The van der Waals surface area contributed by atoms with Gasteiger partial charge in [-0.05, 0) is 76.6 Å². The Balaban J connectivity index is 2.29. The maximum atomic E-state index is 13.2. The Hall–Kier alpha value is -0.890. The molecule has 0 aliphatic carbocycles. The molecule has 0 saturated carbocycles. The van der Waals surface area contributed by atoms with Crippen molar-refractivity contribution in [3.8, 4) is 0 Å². The molecule has 1 N–H and O–H groups in total. The summed E-state index contributed by atoms with van der Waals surface area (Å²) in [6.45, 7) is 11.8. The Kier molecular flexibility index (Phi) is 5.99. The van der Waals surface area contributed by atoms with Crippen molar-refractivity contribution in [3.63, 3.8) is 0 Å². The van der Waals surface area contributed by atoms with E-state index in [0.717, 1.165) is 24.9 Å².